The highest BCUT2D eigenvalue weighted by molar-refractivity contribution is 6.33. The highest BCUT2D eigenvalue weighted by Gasteiger charge is 2.14. The number of nitrogens with one attached hydrogen (secondary N) is 1. The van der Waals surface area contributed by atoms with Crippen molar-refractivity contribution in [3.8, 4) is 0 Å². The van der Waals surface area contributed by atoms with E-state index in [0.29, 0.717) is 5.15 Å². The summed E-state index contributed by atoms with van der Waals surface area (Å²) in [5, 5.41) is 0.462. The Morgan fingerprint density at radius 1 is 1.58 bits per heavy atom. The number of aromatic nitrogens is 4. The third-order valence-corrected chi connectivity index (χ3v) is 1.97. The van der Waals surface area contributed by atoms with Gasteiger partial charge in [0, 0.05) is 6.92 Å². The summed E-state index contributed by atoms with van der Waals surface area (Å²) in [4.78, 5) is 11.3. The highest BCUT2D eigenvalue weighted by atomic mass is 35.5. The van der Waals surface area contributed by atoms with Gasteiger partial charge in [0.05, 0.1) is 7.05 Å². The Balaban J connectivity index is 2.93. The van der Waals surface area contributed by atoms with Crippen molar-refractivity contribution in [3.63, 3.8) is 0 Å². The van der Waals surface area contributed by atoms with Crippen LogP contribution in [0.15, 0.2) is 6.33 Å². The molecule has 0 aliphatic carbocycles. The van der Waals surface area contributed by atoms with Crippen LogP contribution in [0, 0.1) is 6.92 Å². The fourth-order valence-corrected chi connectivity index (χ4v) is 1.31. The van der Waals surface area contributed by atoms with Crippen LogP contribution in [0.1, 0.15) is 5.82 Å². The molecule has 2 rings (SSSR count). The van der Waals surface area contributed by atoms with Gasteiger partial charge in [-0.25, -0.2) is 4.57 Å². The summed E-state index contributed by atoms with van der Waals surface area (Å²) in [6.45, 7) is 1.89. The minimum absolute atomic E-state index is 0.462. The summed E-state index contributed by atoms with van der Waals surface area (Å²) in [6, 6.07) is 0. The van der Waals surface area contributed by atoms with Crippen LogP contribution in [0.4, 0.5) is 0 Å². The quantitative estimate of drug-likeness (QED) is 0.484. The van der Waals surface area contributed by atoms with Gasteiger partial charge < -0.3 is 4.98 Å². The fourth-order valence-electron chi connectivity index (χ4n) is 1.14. The van der Waals surface area contributed by atoms with Crippen LogP contribution in [-0.4, -0.2) is 15.0 Å². The molecule has 2 aromatic heterocycles. The lowest BCUT2D eigenvalue weighted by Crippen LogP contribution is -2.29. The van der Waals surface area contributed by atoms with Gasteiger partial charge in [0.15, 0.2) is 11.3 Å². The lowest BCUT2D eigenvalue weighted by molar-refractivity contribution is -0.649. The molecule has 0 aliphatic heterocycles. The van der Waals surface area contributed by atoms with Gasteiger partial charge in [-0.05, 0) is 11.6 Å². The molecule has 2 aromatic rings. The van der Waals surface area contributed by atoms with Gasteiger partial charge in [0.1, 0.15) is 0 Å². The molecular formula is C7H8ClN4+. The first kappa shape index (κ1) is 7.49. The maximum Gasteiger partial charge on any atom is 0.292 e. The lowest BCUT2D eigenvalue weighted by Gasteiger charge is -1.89. The molecule has 0 bridgehead atoms. The molecule has 0 saturated carbocycles. The first-order valence-electron chi connectivity index (χ1n) is 3.55. The van der Waals surface area contributed by atoms with Crippen LogP contribution in [0.3, 0.4) is 0 Å². The molecule has 0 aliphatic rings. The van der Waals surface area contributed by atoms with E-state index in [4.69, 9.17) is 11.6 Å². The third-order valence-electron chi connectivity index (χ3n) is 1.69. The molecule has 2 heterocycles. The predicted molar refractivity (Wildman–Crippen MR) is 44.8 cm³/mol. The lowest BCUT2D eigenvalue weighted by atomic mass is 10.5. The normalized spacial score (nSPS) is 10.9. The van der Waals surface area contributed by atoms with Crippen molar-refractivity contribution in [2.45, 2.75) is 6.92 Å². The summed E-state index contributed by atoms with van der Waals surface area (Å²) in [5.74, 6) is 0.843. The molecule has 0 fully saturated rings. The second-order valence-electron chi connectivity index (χ2n) is 2.67. The number of fused-ring (bicyclic) bond motifs is 1. The van der Waals surface area contributed by atoms with Gasteiger partial charge in [-0.3, -0.25) is 0 Å². The molecule has 1 N–H and O–H groups in total. The second kappa shape index (κ2) is 2.42. The third kappa shape index (κ3) is 0.956. The fraction of sp³-hybridized carbons (Fsp3) is 0.286. The Kier molecular flexibility index (Phi) is 1.51. The summed E-state index contributed by atoms with van der Waals surface area (Å²) in [6.07, 6.45) is 1.64. The van der Waals surface area contributed by atoms with Crippen molar-refractivity contribution < 1.29 is 4.57 Å². The molecule has 0 spiro atoms. The first-order chi connectivity index (χ1) is 5.68. The zero-order valence-electron chi connectivity index (χ0n) is 6.80. The Labute approximate surface area is 74.2 Å². The van der Waals surface area contributed by atoms with E-state index in [2.05, 4.69) is 15.0 Å². The average Bonchev–Trinajstić information content (AvgIpc) is 2.41. The molecule has 0 aromatic carbocycles. The molecule has 0 atom stereocenters. The molecule has 62 valence electrons. The number of aryl methyl sites for hydroxylation is 2. The second-order valence-corrected chi connectivity index (χ2v) is 3.03. The van der Waals surface area contributed by atoms with Gasteiger partial charge in [0.25, 0.3) is 5.65 Å². The maximum absolute atomic E-state index is 5.85. The van der Waals surface area contributed by atoms with Gasteiger partial charge >= 0.3 is 0 Å². The van der Waals surface area contributed by atoms with Gasteiger partial charge in [-0.15, -0.1) is 0 Å². The minimum Gasteiger partial charge on any atom is -0.321 e. The van der Waals surface area contributed by atoms with E-state index in [1.807, 2.05) is 18.5 Å². The zero-order chi connectivity index (χ0) is 8.72. The summed E-state index contributed by atoms with van der Waals surface area (Å²) < 4.78 is 1.82. The van der Waals surface area contributed by atoms with Crippen molar-refractivity contribution in [1.82, 2.24) is 15.0 Å². The Morgan fingerprint density at radius 2 is 2.33 bits per heavy atom. The van der Waals surface area contributed by atoms with E-state index >= 15 is 0 Å². The van der Waals surface area contributed by atoms with Crippen LogP contribution in [-0.2, 0) is 7.05 Å². The molecule has 5 heteroatoms. The van der Waals surface area contributed by atoms with Gasteiger partial charge in [-0.2, -0.15) is 0 Å². The number of hydrogen-bond acceptors (Lipinski definition) is 2. The average molecular weight is 184 g/mol. The maximum atomic E-state index is 5.85. The SMILES string of the molecule is Cc1nc2c([nH]1)c(Cl)nc[n+]2C. The number of H-pyrrole nitrogens is 1. The number of imidazole rings is 1. The predicted octanol–water partition coefficient (Wildman–Crippen LogP) is 0.744. The van der Waals surface area contributed by atoms with Crippen molar-refractivity contribution >= 4 is 22.8 Å². The van der Waals surface area contributed by atoms with E-state index in [1.165, 1.54) is 0 Å². The van der Waals surface area contributed by atoms with Crippen LogP contribution in [0.25, 0.3) is 11.2 Å². The number of halogens is 1. The van der Waals surface area contributed by atoms with Crippen LogP contribution in [0.5, 0.6) is 0 Å². The van der Waals surface area contributed by atoms with Crippen molar-refractivity contribution in [3.05, 3.63) is 17.3 Å². The number of aromatic amines is 1. The zero-order valence-corrected chi connectivity index (χ0v) is 7.55. The van der Waals surface area contributed by atoms with E-state index in [1.54, 1.807) is 6.33 Å². The Hall–Kier alpha value is -1.16. The topological polar surface area (TPSA) is 45.5 Å². The first-order valence-corrected chi connectivity index (χ1v) is 3.92. The molecule has 0 saturated heterocycles. The Bertz CT molecular complexity index is 395. The van der Waals surface area contributed by atoms with Gasteiger partial charge in [0.2, 0.25) is 11.5 Å². The summed E-state index contributed by atoms with van der Waals surface area (Å²) in [7, 11) is 1.88. The molecule has 0 unspecified atom stereocenters. The number of rotatable bonds is 0. The highest BCUT2D eigenvalue weighted by Crippen LogP contribution is 2.14. The van der Waals surface area contributed by atoms with E-state index < -0.39 is 0 Å². The Morgan fingerprint density at radius 3 is 3.00 bits per heavy atom. The van der Waals surface area contributed by atoms with Gasteiger partial charge in [-0.1, -0.05) is 9.97 Å². The van der Waals surface area contributed by atoms with E-state index in [0.717, 1.165) is 17.0 Å². The van der Waals surface area contributed by atoms with Crippen molar-refractivity contribution in [2.24, 2.45) is 7.05 Å². The molecule has 0 radical (unpaired) electrons. The van der Waals surface area contributed by atoms with E-state index in [-0.39, 0.29) is 0 Å². The van der Waals surface area contributed by atoms with E-state index in [9.17, 15) is 0 Å². The summed E-state index contributed by atoms with van der Waals surface area (Å²) in [5.41, 5.74) is 1.62. The summed E-state index contributed by atoms with van der Waals surface area (Å²) >= 11 is 5.85. The monoisotopic (exact) mass is 183 g/mol. The number of nitrogens with zero attached hydrogens (tertiary/aromatic N) is 3. The van der Waals surface area contributed by atoms with Crippen molar-refractivity contribution in [2.75, 3.05) is 0 Å². The molecule has 4 nitrogen and oxygen atoms in total. The molecule has 0 amide bonds. The number of hydrogen-bond donors (Lipinski definition) is 1. The van der Waals surface area contributed by atoms with Crippen LogP contribution < -0.4 is 4.57 Å². The standard InChI is InChI=1S/C7H7ClN4/c1-4-10-5-6(8)9-3-12(2)7(5)11-4/h3H,1-2H3/p+1. The van der Waals surface area contributed by atoms with Crippen LogP contribution >= 0.6 is 11.6 Å². The smallest absolute Gasteiger partial charge is 0.292 e. The molecular weight excluding hydrogens is 176 g/mol. The molecule has 12 heavy (non-hydrogen) atoms. The van der Waals surface area contributed by atoms with Crippen LogP contribution in [0.2, 0.25) is 5.15 Å². The van der Waals surface area contributed by atoms with Crippen molar-refractivity contribution in [1.29, 1.82) is 0 Å². The minimum atomic E-state index is 0.462. The largest absolute Gasteiger partial charge is 0.321 e.